The predicted octanol–water partition coefficient (Wildman–Crippen LogP) is 2.67. The number of hydrazone groups is 1. The van der Waals surface area contributed by atoms with Gasteiger partial charge >= 0.3 is 0 Å². The lowest BCUT2D eigenvalue weighted by Crippen LogP contribution is -2.30. The van der Waals surface area contributed by atoms with Crippen molar-refractivity contribution in [1.29, 1.82) is 0 Å². The normalized spacial score (nSPS) is 10.7. The molecule has 92 valence electrons. The van der Waals surface area contributed by atoms with E-state index in [1.165, 1.54) is 5.01 Å². The number of hydrogen-bond donors (Lipinski definition) is 1. The van der Waals surface area contributed by atoms with Crippen molar-refractivity contribution in [1.82, 2.24) is 0 Å². The van der Waals surface area contributed by atoms with E-state index in [0.29, 0.717) is 5.76 Å². The van der Waals surface area contributed by atoms with Crippen molar-refractivity contribution in [2.24, 2.45) is 10.8 Å². The molecule has 0 saturated heterocycles. The van der Waals surface area contributed by atoms with Gasteiger partial charge in [0.25, 0.3) is 0 Å². The first-order valence-corrected chi connectivity index (χ1v) is 5.81. The fraction of sp³-hybridized carbons (Fsp3) is 0.0769. The van der Waals surface area contributed by atoms with Gasteiger partial charge in [0.05, 0.1) is 18.2 Å². The van der Waals surface area contributed by atoms with Crippen molar-refractivity contribution in [2.45, 2.75) is 6.92 Å². The Hall–Kier alpha value is -2.14. The molecule has 0 bridgehead atoms. The average molecular weight is 259 g/mol. The maximum atomic E-state index is 5.67. The second-order valence-electron chi connectivity index (χ2n) is 3.75. The zero-order valence-corrected chi connectivity index (χ0v) is 10.7. The fourth-order valence-electron chi connectivity index (χ4n) is 1.49. The molecule has 1 heterocycles. The molecule has 4 nitrogen and oxygen atoms in total. The van der Waals surface area contributed by atoms with Crippen LogP contribution in [0.15, 0.2) is 52.2 Å². The second kappa shape index (κ2) is 5.46. The number of anilines is 1. The summed E-state index contributed by atoms with van der Waals surface area (Å²) in [6.45, 7) is 2.00. The molecule has 0 radical (unpaired) electrons. The Morgan fingerprint density at radius 1 is 1.39 bits per heavy atom. The number of thiocarbonyl (C=S) groups is 1. The van der Waals surface area contributed by atoms with Gasteiger partial charge in [0.1, 0.15) is 5.76 Å². The smallest absolute Gasteiger partial charge is 0.191 e. The Balaban J connectivity index is 2.27. The lowest BCUT2D eigenvalue weighted by atomic mass is 10.2. The summed E-state index contributed by atoms with van der Waals surface area (Å²) in [7, 11) is 0. The highest BCUT2D eigenvalue weighted by molar-refractivity contribution is 7.80. The first-order chi connectivity index (χ1) is 8.66. The van der Waals surface area contributed by atoms with Crippen molar-refractivity contribution in [3.8, 4) is 0 Å². The number of nitrogens with two attached hydrogens (primary N) is 1. The van der Waals surface area contributed by atoms with Gasteiger partial charge in [-0.2, -0.15) is 5.10 Å². The van der Waals surface area contributed by atoms with Crippen molar-refractivity contribution < 1.29 is 4.42 Å². The van der Waals surface area contributed by atoms with Crippen LogP contribution in [0.3, 0.4) is 0 Å². The Labute approximate surface area is 111 Å². The van der Waals surface area contributed by atoms with Gasteiger partial charge in [-0.25, -0.2) is 5.01 Å². The average Bonchev–Trinajstić information content (AvgIpc) is 2.82. The van der Waals surface area contributed by atoms with E-state index in [4.69, 9.17) is 22.4 Å². The molecule has 2 rings (SSSR count). The highest BCUT2D eigenvalue weighted by Crippen LogP contribution is 2.16. The summed E-state index contributed by atoms with van der Waals surface area (Å²) < 4.78 is 5.16. The molecule has 0 aliphatic carbocycles. The third kappa shape index (κ3) is 2.95. The van der Waals surface area contributed by atoms with Crippen molar-refractivity contribution in [3.05, 3.63) is 54.0 Å². The van der Waals surface area contributed by atoms with Gasteiger partial charge in [-0.05, 0) is 49.0 Å². The second-order valence-corrected chi connectivity index (χ2v) is 4.17. The molecular formula is C13H13N3OS. The lowest BCUT2D eigenvalue weighted by Gasteiger charge is -2.16. The fourth-order valence-corrected chi connectivity index (χ4v) is 1.64. The molecule has 0 spiro atoms. The zero-order chi connectivity index (χ0) is 13.0. The van der Waals surface area contributed by atoms with E-state index in [-0.39, 0.29) is 5.11 Å². The maximum Gasteiger partial charge on any atom is 0.191 e. The first kappa shape index (κ1) is 12.3. The van der Waals surface area contributed by atoms with Crippen LogP contribution < -0.4 is 10.7 Å². The molecular weight excluding hydrogens is 246 g/mol. The molecule has 0 unspecified atom stereocenters. The molecule has 2 aromatic rings. The molecule has 0 amide bonds. The molecule has 0 aliphatic rings. The van der Waals surface area contributed by atoms with Gasteiger partial charge in [0.2, 0.25) is 0 Å². The number of hydrogen-bond acceptors (Lipinski definition) is 3. The van der Waals surface area contributed by atoms with Crippen LogP contribution in [0.5, 0.6) is 0 Å². The van der Waals surface area contributed by atoms with Gasteiger partial charge in [0, 0.05) is 0 Å². The highest BCUT2D eigenvalue weighted by Gasteiger charge is 2.07. The molecule has 0 aliphatic heterocycles. The molecule has 18 heavy (non-hydrogen) atoms. The van der Waals surface area contributed by atoms with E-state index < -0.39 is 0 Å². The van der Waals surface area contributed by atoms with E-state index in [2.05, 4.69) is 5.10 Å². The van der Waals surface area contributed by atoms with Crippen LogP contribution in [0.1, 0.15) is 11.3 Å². The summed E-state index contributed by atoms with van der Waals surface area (Å²) in [6, 6.07) is 11.4. The minimum atomic E-state index is 0.184. The lowest BCUT2D eigenvalue weighted by molar-refractivity contribution is 0.560. The number of aryl methyl sites for hydroxylation is 1. The summed E-state index contributed by atoms with van der Waals surface area (Å²) in [5.41, 5.74) is 7.61. The zero-order valence-electron chi connectivity index (χ0n) is 9.91. The van der Waals surface area contributed by atoms with Crippen LogP contribution >= 0.6 is 12.2 Å². The largest absolute Gasteiger partial charge is 0.463 e. The summed E-state index contributed by atoms with van der Waals surface area (Å²) in [6.07, 6.45) is 3.15. The summed E-state index contributed by atoms with van der Waals surface area (Å²) >= 11 is 5.00. The molecule has 2 N–H and O–H groups in total. The Bertz CT molecular complexity index is 563. The van der Waals surface area contributed by atoms with Crippen LogP contribution in [-0.2, 0) is 0 Å². The molecule has 0 fully saturated rings. The van der Waals surface area contributed by atoms with E-state index >= 15 is 0 Å². The van der Waals surface area contributed by atoms with Gasteiger partial charge in [-0.1, -0.05) is 12.1 Å². The van der Waals surface area contributed by atoms with Crippen molar-refractivity contribution >= 4 is 29.2 Å². The molecule has 0 atom stereocenters. The van der Waals surface area contributed by atoms with Gasteiger partial charge in [-0.15, -0.1) is 0 Å². The van der Waals surface area contributed by atoms with Gasteiger partial charge < -0.3 is 10.2 Å². The minimum Gasteiger partial charge on any atom is -0.463 e. The minimum absolute atomic E-state index is 0.184. The maximum absolute atomic E-state index is 5.67. The molecule has 1 aromatic heterocycles. The number of benzene rings is 1. The van der Waals surface area contributed by atoms with E-state index in [1.807, 2.05) is 31.2 Å². The monoisotopic (exact) mass is 259 g/mol. The van der Waals surface area contributed by atoms with Gasteiger partial charge in [0.15, 0.2) is 5.11 Å². The molecule has 5 heteroatoms. The summed E-state index contributed by atoms with van der Waals surface area (Å²) in [5.74, 6) is 0.643. The SMILES string of the molecule is Cc1cccc(N(/N=C/c2ccco2)C(N)=S)c1. The number of rotatable bonds is 3. The topological polar surface area (TPSA) is 54.8 Å². The summed E-state index contributed by atoms with van der Waals surface area (Å²) in [5, 5.41) is 5.90. The van der Waals surface area contributed by atoms with Crippen LogP contribution in [0.4, 0.5) is 5.69 Å². The third-order valence-electron chi connectivity index (χ3n) is 2.30. The third-order valence-corrected chi connectivity index (χ3v) is 2.47. The van der Waals surface area contributed by atoms with Crippen LogP contribution in [0.25, 0.3) is 0 Å². The van der Waals surface area contributed by atoms with Crippen molar-refractivity contribution in [2.75, 3.05) is 5.01 Å². The molecule has 1 aromatic carbocycles. The van der Waals surface area contributed by atoms with Gasteiger partial charge in [-0.3, -0.25) is 0 Å². The Kier molecular flexibility index (Phi) is 3.74. The number of furan rings is 1. The van der Waals surface area contributed by atoms with E-state index in [1.54, 1.807) is 24.6 Å². The van der Waals surface area contributed by atoms with Crippen LogP contribution in [0.2, 0.25) is 0 Å². The summed E-state index contributed by atoms with van der Waals surface area (Å²) in [4.78, 5) is 0. The number of nitrogens with zero attached hydrogens (tertiary/aromatic N) is 2. The van der Waals surface area contributed by atoms with Crippen LogP contribution in [-0.4, -0.2) is 11.3 Å². The first-order valence-electron chi connectivity index (χ1n) is 5.40. The standard InChI is InChI=1S/C13H13N3OS/c1-10-4-2-5-11(8-10)16(13(14)18)15-9-12-6-3-7-17-12/h2-9H,1H3,(H2,14,18)/b15-9+. The van der Waals surface area contributed by atoms with E-state index in [0.717, 1.165) is 11.3 Å². The Morgan fingerprint density at radius 3 is 2.83 bits per heavy atom. The molecule has 0 saturated carbocycles. The highest BCUT2D eigenvalue weighted by atomic mass is 32.1. The van der Waals surface area contributed by atoms with Crippen LogP contribution in [0, 0.1) is 6.92 Å². The quantitative estimate of drug-likeness (QED) is 0.523. The predicted molar refractivity (Wildman–Crippen MR) is 76.7 cm³/mol. The Morgan fingerprint density at radius 2 is 2.22 bits per heavy atom. The van der Waals surface area contributed by atoms with Crippen molar-refractivity contribution in [3.63, 3.8) is 0 Å². The van der Waals surface area contributed by atoms with E-state index in [9.17, 15) is 0 Å².